The van der Waals surface area contributed by atoms with Crippen LogP contribution in [0.2, 0.25) is 0 Å². The molecule has 0 aromatic carbocycles. The fraction of sp³-hybridized carbons (Fsp3) is 0.706. The highest BCUT2D eigenvalue weighted by Crippen LogP contribution is 2.44. The molecule has 0 bridgehead atoms. The molecule has 2 aliphatic heterocycles. The third-order valence-corrected chi connectivity index (χ3v) is 6.00. The molecule has 1 saturated carbocycles. The molecule has 3 heterocycles. The number of anilines is 1. The van der Waals surface area contributed by atoms with Crippen molar-refractivity contribution in [2.45, 2.75) is 38.1 Å². The van der Waals surface area contributed by atoms with Gasteiger partial charge in [-0.05, 0) is 31.7 Å². The normalized spacial score (nSPS) is 31.6. The molecule has 2 amide bonds. The molecule has 1 aliphatic carbocycles. The van der Waals surface area contributed by atoms with Crippen LogP contribution in [0.4, 0.5) is 5.69 Å². The standard InChI is InChI=1S/C17H25N5O2.ClH/c1-21-10-13(9-19-21)22-7-5-14(15(22)23)20-16(24)17-6-3-2-4-12(17)8-18-11-17;/h9-10,12,14,18H,2-8,11H2,1H3,(H,20,24);1H/t12-,14?,17+;/m0./s1. The first-order chi connectivity index (χ1) is 11.6. The highest BCUT2D eigenvalue weighted by Gasteiger charge is 2.51. The van der Waals surface area contributed by atoms with Crippen LogP contribution in [0.3, 0.4) is 0 Å². The smallest absolute Gasteiger partial charge is 0.249 e. The van der Waals surface area contributed by atoms with Crippen molar-refractivity contribution < 1.29 is 9.59 Å². The van der Waals surface area contributed by atoms with E-state index in [4.69, 9.17) is 0 Å². The summed E-state index contributed by atoms with van der Waals surface area (Å²) in [4.78, 5) is 27.4. The second kappa shape index (κ2) is 6.96. The predicted octanol–water partition coefficient (Wildman–Crippen LogP) is 0.843. The van der Waals surface area contributed by atoms with E-state index < -0.39 is 6.04 Å². The number of aromatic nitrogens is 2. The first-order valence-electron chi connectivity index (χ1n) is 8.92. The largest absolute Gasteiger partial charge is 0.344 e. The fourth-order valence-corrected chi connectivity index (χ4v) is 4.61. The van der Waals surface area contributed by atoms with Gasteiger partial charge in [0.25, 0.3) is 0 Å². The Balaban J connectivity index is 0.00000182. The molecule has 3 atom stereocenters. The van der Waals surface area contributed by atoms with Gasteiger partial charge in [0, 0.05) is 26.3 Å². The maximum absolute atomic E-state index is 13.0. The van der Waals surface area contributed by atoms with Crippen molar-refractivity contribution in [3.8, 4) is 0 Å². The lowest BCUT2D eigenvalue weighted by Crippen LogP contribution is -2.52. The van der Waals surface area contributed by atoms with Crippen molar-refractivity contribution in [1.82, 2.24) is 20.4 Å². The van der Waals surface area contributed by atoms with E-state index in [1.54, 1.807) is 15.8 Å². The Kier molecular flexibility index (Phi) is 5.06. The molecule has 2 N–H and O–H groups in total. The van der Waals surface area contributed by atoms with Crippen LogP contribution < -0.4 is 15.5 Å². The van der Waals surface area contributed by atoms with Crippen LogP contribution in [-0.2, 0) is 16.6 Å². The van der Waals surface area contributed by atoms with Gasteiger partial charge in [-0.2, -0.15) is 5.10 Å². The number of rotatable bonds is 3. The van der Waals surface area contributed by atoms with Gasteiger partial charge in [0.05, 0.1) is 17.3 Å². The van der Waals surface area contributed by atoms with Crippen molar-refractivity contribution in [3.63, 3.8) is 0 Å². The zero-order valence-corrected chi connectivity index (χ0v) is 15.3. The van der Waals surface area contributed by atoms with Gasteiger partial charge in [0.2, 0.25) is 11.8 Å². The van der Waals surface area contributed by atoms with Crippen molar-refractivity contribution >= 4 is 29.9 Å². The Bertz CT molecular complexity index is 663. The molecular formula is C17H26ClN5O2. The minimum Gasteiger partial charge on any atom is -0.344 e. The molecule has 7 nitrogen and oxygen atoms in total. The third kappa shape index (κ3) is 3.04. The maximum Gasteiger partial charge on any atom is 0.249 e. The molecule has 0 radical (unpaired) electrons. The first kappa shape index (κ1) is 18.2. The van der Waals surface area contributed by atoms with Gasteiger partial charge < -0.3 is 15.5 Å². The quantitative estimate of drug-likeness (QED) is 0.829. The van der Waals surface area contributed by atoms with Gasteiger partial charge in [0.15, 0.2) is 0 Å². The SMILES string of the molecule is Cl.Cn1cc(N2CCC(NC(=O)[C@@]34CCCC[C@H]3CNC4)C2=O)cn1. The van der Waals surface area contributed by atoms with Crippen LogP contribution in [0.5, 0.6) is 0 Å². The van der Waals surface area contributed by atoms with Crippen LogP contribution in [0.1, 0.15) is 32.1 Å². The van der Waals surface area contributed by atoms with E-state index in [0.717, 1.165) is 38.0 Å². The monoisotopic (exact) mass is 367 g/mol. The molecule has 4 rings (SSSR count). The predicted molar refractivity (Wildman–Crippen MR) is 96.6 cm³/mol. The summed E-state index contributed by atoms with van der Waals surface area (Å²) < 4.78 is 1.68. The van der Waals surface area contributed by atoms with E-state index in [1.807, 2.05) is 13.2 Å². The average Bonchev–Trinajstić information content (AvgIpc) is 3.27. The zero-order valence-electron chi connectivity index (χ0n) is 14.5. The lowest BCUT2D eigenvalue weighted by Gasteiger charge is -2.37. The summed E-state index contributed by atoms with van der Waals surface area (Å²) in [6.07, 6.45) is 8.54. The lowest BCUT2D eigenvalue weighted by molar-refractivity contribution is -0.136. The van der Waals surface area contributed by atoms with E-state index in [2.05, 4.69) is 15.7 Å². The van der Waals surface area contributed by atoms with E-state index in [9.17, 15) is 9.59 Å². The number of nitrogens with one attached hydrogen (secondary N) is 2. The van der Waals surface area contributed by atoms with Crippen LogP contribution >= 0.6 is 12.4 Å². The number of hydrogen-bond acceptors (Lipinski definition) is 4. The highest BCUT2D eigenvalue weighted by molar-refractivity contribution is 6.01. The second-order valence-electron chi connectivity index (χ2n) is 7.41. The molecule has 3 fully saturated rings. The summed E-state index contributed by atoms with van der Waals surface area (Å²) in [7, 11) is 1.83. The van der Waals surface area contributed by atoms with E-state index in [1.165, 1.54) is 6.42 Å². The van der Waals surface area contributed by atoms with Crippen molar-refractivity contribution in [2.24, 2.45) is 18.4 Å². The molecule has 3 aliphatic rings. The Hall–Kier alpha value is -1.60. The van der Waals surface area contributed by atoms with E-state index in [0.29, 0.717) is 18.9 Å². The minimum atomic E-state index is -0.407. The Morgan fingerprint density at radius 1 is 1.40 bits per heavy atom. The highest BCUT2D eigenvalue weighted by atomic mass is 35.5. The van der Waals surface area contributed by atoms with Gasteiger partial charge in [-0.15, -0.1) is 12.4 Å². The van der Waals surface area contributed by atoms with Crippen LogP contribution in [0.15, 0.2) is 12.4 Å². The minimum absolute atomic E-state index is 0. The van der Waals surface area contributed by atoms with Crippen LogP contribution in [0, 0.1) is 11.3 Å². The molecule has 1 unspecified atom stereocenters. The molecule has 2 saturated heterocycles. The first-order valence-corrected chi connectivity index (χ1v) is 8.92. The summed E-state index contributed by atoms with van der Waals surface area (Å²) in [6, 6.07) is -0.407. The summed E-state index contributed by atoms with van der Waals surface area (Å²) in [5, 5.41) is 10.6. The molecule has 1 aromatic rings. The van der Waals surface area contributed by atoms with Crippen molar-refractivity contribution in [3.05, 3.63) is 12.4 Å². The molecule has 0 spiro atoms. The van der Waals surface area contributed by atoms with Gasteiger partial charge in [0.1, 0.15) is 6.04 Å². The Morgan fingerprint density at radius 3 is 3.00 bits per heavy atom. The van der Waals surface area contributed by atoms with Gasteiger partial charge in [-0.1, -0.05) is 12.8 Å². The number of nitrogens with zero attached hydrogens (tertiary/aromatic N) is 3. The third-order valence-electron chi connectivity index (χ3n) is 6.00. The van der Waals surface area contributed by atoms with Crippen LogP contribution in [0.25, 0.3) is 0 Å². The van der Waals surface area contributed by atoms with Gasteiger partial charge in [-0.3, -0.25) is 14.3 Å². The number of carbonyl (C=O) groups is 2. The summed E-state index contributed by atoms with van der Waals surface area (Å²) in [6.45, 7) is 2.30. The number of carbonyl (C=O) groups excluding carboxylic acids is 2. The number of halogens is 1. The van der Waals surface area contributed by atoms with Crippen LogP contribution in [-0.4, -0.2) is 47.3 Å². The molecule has 1 aromatic heterocycles. The Morgan fingerprint density at radius 2 is 2.24 bits per heavy atom. The molecule has 8 heteroatoms. The number of hydrogen-bond donors (Lipinski definition) is 2. The summed E-state index contributed by atoms with van der Waals surface area (Å²) >= 11 is 0. The maximum atomic E-state index is 13.0. The molecule has 138 valence electrons. The number of aryl methyl sites for hydroxylation is 1. The number of fused-ring (bicyclic) bond motifs is 1. The van der Waals surface area contributed by atoms with E-state index in [-0.39, 0.29) is 29.6 Å². The average molecular weight is 368 g/mol. The second-order valence-corrected chi connectivity index (χ2v) is 7.41. The van der Waals surface area contributed by atoms with Crippen molar-refractivity contribution in [1.29, 1.82) is 0 Å². The summed E-state index contributed by atoms with van der Waals surface area (Å²) in [5.74, 6) is 0.465. The van der Waals surface area contributed by atoms with E-state index >= 15 is 0 Å². The van der Waals surface area contributed by atoms with Gasteiger partial charge >= 0.3 is 0 Å². The van der Waals surface area contributed by atoms with Gasteiger partial charge in [-0.25, -0.2) is 0 Å². The fourth-order valence-electron chi connectivity index (χ4n) is 4.61. The zero-order chi connectivity index (χ0) is 16.7. The summed E-state index contributed by atoms with van der Waals surface area (Å²) in [5.41, 5.74) is 0.496. The topological polar surface area (TPSA) is 79.3 Å². The molecular weight excluding hydrogens is 342 g/mol. The number of amides is 2. The van der Waals surface area contributed by atoms with Crippen molar-refractivity contribution in [2.75, 3.05) is 24.5 Å². The molecule has 25 heavy (non-hydrogen) atoms. The lowest BCUT2D eigenvalue weighted by atomic mass is 9.67. The Labute approximate surface area is 153 Å².